The number of aryl methyl sites for hydroxylation is 1. The van der Waals surface area contributed by atoms with Crippen LogP contribution in [0.3, 0.4) is 0 Å². The van der Waals surface area contributed by atoms with Crippen molar-refractivity contribution in [3.8, 4) is 22.3 Å². The van der Waals surface area contributed by atoms with E-state index in [0.29, 0.717) is 5.56 Å². The van der Waals surface area contributed by atoms with Crippen molar-refractivity contribution < 1.29 is 8.78 Å². The molecule has 0 saturated heterocycles. The van der Waals surface area contributed by atoms with Gasteiger partial charge in [0.25, 0.3) is 0 Å². The number of rotatable bonds is 3. The summed E-state index contributed by atoms with van der Waals surface area (Å²) in [4.78, 5) is 0. The molecule has 0 saturated carbocycles. The minimum atomic E-state index is -0.822. The van der Waals surface area contributed by atoms with Crippen molar-refractivity contribution in [2.45, 2.75) is 13.3 Å². The van der Waals surface area contributed by atoms with Crippen molar-refractivity contribution in [3.63, 3.8) is 0 Å². The van der Waals surface area contributed by atoms with Gasteiger partial charge in [-0.2, -0.15) is 0 Å². The van der Waals surface area contributed by atoms with Gasteiger partial charge in [-0.25, -0.2) is 8.78 Å². The van der Waals surface area contributed by atoms with Crippen LogP contribution < -0.4 is 0 Å². The minimum Gasteiger partial charge on any atom is -0.204 e. The Hall–Kier alpha value is -2.48. The number of halogens is 2. The van der Waals surface area contributed by atoms with E-state index >= 15 is 0 Å². The zero-order valence-corrected chi connectivity index (χ0v) is 12.3. The zero-order valence-electron chi connectivity index (χ0n) is 12.3. The Morgan fingerprint density at radius 2 is 1.23 bits per heavy atom. The summed E-state index contributed by atoms with van der Waals surface area (Å²) in [7, 11) is 0. The van der Waals surface area contributed by atoms with Crippen LogP contribution >= 0.6 is 0 Å². The van der Waals surface area contributed by atoms with E-state index in [1.165, 1.54) is 11.6 Å². The van der Waals surface area contributed by atoms with Crippen molar-refractivity contribution in [1.29, 1.82) is 0 Å². The van der Waals surface area contributed by atoms with Crippen molar-refractivity contribution in [1.82, 2.24) is 0 Å². The molecule has 0 aliphatic carbocycles. The molecule has 0 bridgehead atoms. The lowest BCUT2D eigenvalue weighted by molar-refractivity contribution is 0.511. The van der Waals surface area contributed by atoms with Crippen molar-refractivity contribution >= 4 is 0 Å². The lowest BCUT2D eigenvalue weighted by Crippen LogP contribution is -1.89. The molecule has 0 aliphatic heterocycles. The fraction of sp³-hybridized carbons (Fsp3) is 0.100. The molecule has 22 heavy (non-hydrogen) atoms. The van der Waals surface area contributed by atoms with Gasteiger partial charge in [-0.15, -0.1) is 0 Å². The lowest BCUT2D eigenvalue weighted by atomic mass is 9.99. The molecule has 0 radical (unpaired) electrons. The summed E-state index contributed by atoms with van der Waals surface area (Å²) >= 11 is 0. The van der Waals surface area contributed by atoms with Gasteiger partial charge in [-0.05, 0) is 34.7 Å². The molecule has 110 valence electrons. The molecule has 0 atom stereocenters. The lowest BCUT2D eigenvalue weighted by Gasteiger charge is -2.07. The SMILES string of the molecule is CCc1ccc(-c2ccc(-c3cccc(F)c3F)cc2)cc1. The Morgan fingerprint density at radius 3 is 1.82 bits per heavy atom. The molecule has 0 nitrogen and oxygen atoms in total. The maximum absolute atomic E-state index is 13.8. The molecule has 3 aromatic rings. The molecule has 0 aliphatic rings. The van der Waals surface area contributed by atoms with Gasteiger partial charge in [0.15, 0.2) is 11.6 Å². The zero-order chi connectivity index (χ0) is 15.5. The Labute approximate surface area is 129 Å². The van der Waals surface area contributed by atoms with E-state index in [0.717, 1.165) is 23.6 Å². The first-order valence-electron chi connectivity index (χ1n) is 7.33. The predicted molar refractivity (Wildman–Crippen MR) is 86.6 cm³/mol. The number of hydrogen-bond acceptors (Lipinski definition) is 0. The van der Waals surface area contributed by atoms with Crippen LogP contribution in [-0.4, -0.2) is 0 Å². The maximum atomic E-state index is 13.8. The largest absolute Gasteiger partial charge is 0.204 e. The summed E-state index contributed by atoms with van der Waals surface area (Å²) in [6.45, 7) is 2.12. The smallest absolute Gasteiger partial charge is 0.166 e. The maximum Gasteiger partial charge on any atom is 0.166 e. The van der Waals surface area contributed by atoms with E-state index < -0.39 is 11.6 Å². The van der Waals surface area contributed by atoms with Crippen LogP contribution in [-0.2, 0) is 6.42 Å². The van der Waals surface area contributed by atoms with E-state index in [1.807, 2.05) is 24.3 Å². The van der Waals surface area contributed by atoms with Gasteiger partial charge < -0.3 is 0 Å². The summed E-state index contributed by atoms with van der Waals surface area (Å²) in [6.07, 6.45) is 1.01. The van der Waals surface area contributed by atoms with Crippen molar-refractivity contribution in [2.24, 2.45) is 0 Å². The van der Waals surface area contributed by atoms with Gasteiger partial charge in [0.2, 0.25) is 0 Å². The third kappa shape index (κ3) is 2.77. The van der Waals surface area contributed by atoms with Gasteiger partial charge in [0.05, 0.1) is 0 Å². The number of benzene rings is 3. The second-order valence-corrected chi connectivity index (χ2v) is 5.23. The Bertz CT molecular complexity index is 772. The average Bonchev–Trinajstić information content (AvgIpc) is 2.58. The fourth-order valence-electron chi connectivity index (χ4n) is 2.50. The molecular formula is C20H16F2. The second kappa shape index (κ2) is 6.10. The van der Waals surface area contributed by atoms with Gasteiger partial charge in [0, 0.05) is 5.56 Å². The van der Waals surface area contributed by atoms with Crippen molar-refractivity contribution in [2.75, 3.05) is 0 Å². The first-order chi connectivity index (χ1) is 10.7. The summed E-state index contributed by atoms with van der Waals surface area (Å²) < 4.78 is 27.1. The predicted octanol–water partition coefficient (Wildman–Crippen LogP) is 5.86. The van der Waals surface area contributed by atoms with Crippen LogP contribution in [0, 0.1) is 11.6 Å². The summed E-state index contributed by atoms with van der Waals surface area (Å²) in [5.41, 5.74) is 4.42. The summed E-state index contributed by atoms with van der Waals surface area (Å²) in [5.74, 6) is -1.63. The molecule has 0 unspecified atom stereocenters. The topological polar surface area (TPSA) is 0 Å². The first kappa shape index (κ1) is 14.5. The molecule has 0 spiro atoms. The summed E-state index contributed by atoms with van der Waals surface area (Å²) in [5, 5.41) is 0. The quantitative estimate of drug-likeness (QED) is 0.567. The molecule has 3 rings (SSSR count). The standard InChI is InChI=1S/C20H16F2/c1-2-14-6-8-15(9-7-14)16-10-12-17(13-11-16)18-4-3-5-19(21)20(18)22/h3-13H,2H2,1H3. The highest BCUT2D eigenvalue weighted by molar-refractivity contribution is 5.70. The van der Waals surface area contributed by atoms with Crippen molar-refractivity contribution in [3.05, 3.63) is 83.9 Å². The molecule has 0 heterocycles. The third-order valence-electron chi connectivity index (χ3n) is 3.84. The molecule has 0 amide bonds. The van der Waals surface area contributed by atoms with E-state index in [2.05, 4.69) is 31.2 Å². The highest BCUT2D eigenvalue weighted by Crippen LogP contribution is 2.27. The van der Waals surface area contributed by atoms with Gasteiger partial charge >= 0.3 is 0 Å². The molecule has 0 N–H and O–H groups in total. The monoisotopic (exact) mass is 294 g/mol. The van der Waals surface area contributed by atoms with Gasteiger partial charge in [0.1, 0.15) is 0 Å². The van der Waals surface area contributed by atoms with Gasteiger partial charge in [-0.3, -0.25) is 0 Å². The Balaban J connectivity index is 1.93. The number of hydrogen-bond donors (Lipinski definition) is 0. The molecule has 0 aromatic heterocycles. The summed E-state index contributed by atoms with van der Waals surface area (Å²) in [6, 6.07) is 20.1. The van der Waals surface area contributed by atoms with E-state index in [9.17, 15) is 8.78 Å². The van der Waals surface area contributed by atoms with Crippen LogP contribution in [0.2, 0.25) is 0 Å². The van der Waals surface area contributed by atoms with E-state index in [4.69, 9.17) is 0 Å². The third-order valence-corrected chi connectivity index (χ3v) is 3.84. The molecule has 2 heteroatoms. The second-order valence-electron chi connectivity index (χ2n) is 5.23. The van der Waals surface area contributed by atoms with Crippen LogP contribution in [0.4, 0.5) is 8.78 Å². The normalized spacial score (nSPS) is 10.7. The fourth-order valence-corrected chi connectivity index (χ4v) is 2.50. The van der Waals surface area contributed by atoms with Crippen LogP contribution in [0.5, 0.6) is 0 Å². The van der Waals surface area contributed by atoms with E-state index in [-0.39, 0.29) is 5.56 Å². The van der Waals surface area contributed by atoms with Crippen LogP contribution in [0.1, 0.15) is 12.5 Å². The molecule has 0 fully saturated rings. The Kier molecular flexibility index (Phi) is 4.01. The molecule has 3 aromatic carbocycles. The first-order valence-corrected chi connectivity index (χ1v) is 7.33. The highest BCUT2D eigenvalue weighted by atomic mass is 19.2. The minimum absolute atomic E-state index is 0.285. The van der Waals surface area contributed by atoms with E-state index in [1.54, 1.807) is 6.07 Å². The molecular weight excluding hydrogens is 278 g/mol. The van der Waals surface area contributed by atoms with Crippen LogP contribution in [0.15, 0.2) is 66.7 Å². The van der Waals surface area contributed by atoms with Crippen LogP contribution in [0.25, 0.3) is 22.3 Å². The Morgan fingerprint density at radius 1 is 0.682 bits per heavy atom. The average molecular weight is 294 g/mol. The van der Waals surface area contributed by atoms with Gasteiger partial charge in [-0.1, -0.05) is 67.6 Å². The highest BCUT2D eigenvalue weighted by Gasteiger charge is 2.09.